The molecule has 2 atom stereocenters. The molecule has 1 aromatic rings. The fraction of sp³-hybridized carbons (Fsp3) is 0.500. The van der Waals surface area contributed by atoms with Gasteiger partial charge in [0.25, 0.3) is 0 Å². The third-order valence-electron chi connectivity index (χ3n) is 2.97. The van der Waals surface area contributed by atoms with Crippen LogP contribution in [0.1, 0.15) is 13.3 Å². The van der Waals surface area contributed by atoms with Crippen molar-refractivity contribution in [3.8, 4) is 0 Å². The van der Waals surface area contributed by atoms with Gasteiger partial charge in [0.2, 0.25) is 10.0 Å². The smallest absolute Gasteiger partial charge is 0.212 e. The largest absolute Gasteiger partial charge is 0.398 e. The molecule has 1 aliphatic rings. The Kier molecular flexibility index (Phi) is 4.19. The van der Waals surface area contributed by atoms with Crippen LogP contribution in [-0.2, 0) is 10.0 Å². The number of rotatable bonds is 6. The molecule has 1 saturated carbocycles. The van der Waals surface area contributed by atoms with Crippen molar-refractivity contribution in [2.24, 2.45) is 5.92 Å². The van der Waals surface area contributed by atoms with Gasteiger partial charge in [-0.05, 0) is 24.5 Å². The van der Waals surface area contributed by atoms with Crippen molar-refractivity contribution >= 4 is 27.5 Å². The fourth-order valence-corrected chi connectivity index (χ4v) is 4.40. The molecule has 3 N–H and O–H groups in total. The zero-order valence-corrected chi connectivity index (χ0v) is 11.9. The van der Waals surface area contributed by atoms with E-state index in [1.54, 1.807) is 0 Å². The highest BCUT2D eigenvalue weighted by atomic mass is 32.2. The predicted octanol–water partition coefficient (Wildman–Crippen LogP) is 1.69. The van der Waals surface area contributed by atoms with Crippen LogP contribution in [0, 0.1) is 5.92 Å². The Hall–Kier alpha value is -0.720. The van der Waals surface area contributed by atoms with E-state index in [9.17, 15) is 8.42 Å². The number of nitrogen functional groups attached to an aromatic ring is 1. The summed E-state index contributed by atoms with van der Waals surface area (Å²) in [6, 6.07) is 7.65. The van der Waals surface area contributed by atoms with Gasteiger partial charge in [0.05, 0.1) is 5.75 Å². The number of thioether (sulfide) groups is 1. The van der Waals surface area contributed by atoms with E-state index in [-0.39, 0.29) is 11.8 Å². The summed E-state index contributed by atoms with van der Waals surface area (Å²) in [7, 11) is -3.15. The molecule has 100 valence electrons. The molecule has 0 radical (unpaired) electrons. The highest BCUT2D eigenvalue weighted by Gasteiger charge is 2.35. The quantitative estimate of drug-likeness (QED) is 0.616. The van der Waals surface area contributed by atoms with Crippen LogP contribution < -0.4 is 10.5 Å². The summed E-state index contributed by atoms with van der Waals surface area (Å²) in [5.41, 5.74) is 6.49. The molecule has 1 aromatic carbocycles. The Morgan fingerprint density at radius 2 is 2.11 bits per heavy atom. The molecule has 0 amide bonds. The predicted molar refractivity (Wildman–Crippen MR) is 76.1 cm³/mol. The molecule has 0 aliphatic heterocycles. The van der Waals surface area contributed by atoms with Gasteiger partial charge < -0.3 is 5.73 Å². The van der Waals surface area contributed by atoms with Gasteiger partial charge in [0, 0.05) is 22.4 Å². The van der Waals surface area contributed by atoms with Gasteiger partial charge >= 0.3 is 0 Å². The monoisotopic (exact) mass is 286 g/mol. The Bertz CT molecular complexity index is 517. The van der Waals surface area contributed by atoms with Crippen molar-refractivity contribution in [2.45, 2.75) is 24.3 Å². The zero-order valence-electron chi connectivity index (χ0n) is 10.3. The molecule has 1 aliphatic carbocycles. The van der Waals surface area contributed by atoms with E-state index in [1.165, 1.54) is 11.8 Å². The van der Waals surface area contributed by atoms with Crippen LogP contribution in [0.25, 0.3) is 0 Å². The van der Waals surface area contributed by atoms with Crippen molar-refractivity contribution in [3.63, 3.8) is 0 Å². The number of hydrogen-bond donors (Lipinski definition) is 2. The molecule has 4 nitrogen and oxygen atoms in total. The second-order valence-corrected chi connectivity index (χ2v) is 7.65. The van der Waals surface area contributed by atoms with Crippen LogP contribution >= 0.6 is 11.8 Å². The van der Waals surface area contributed by atoms with Crippen LogP contribution in [0.2, 0.25) is 0 Å². The molecule has 0 heterocycles. The Labute approximate surface area is 112 Å². The third kappa shape index (κ3) is 3.90. The molecule has 2 rings (SSSR count). The lowest BCUT2D eigenvalue weighted by molar-refractivity contribution is 0.580. The zero-order chi connectivity index (χ0) is 13.2. The van der Waals surface area contributed by atoms with E-state index in [2.05, 4.69) is 4.72 Å². The molecular weight excluding hydrogens is 268 g/mol. The Balaban J connectivity index is 1.80. The first-order valence-corrected chi connectivity index (χ1v) is 8.59. The van der Waals surface area contributed by atoms with Gasteiger partial charge in [-0.3, -0.25) is 0 Å². The summed E-state index contributed by atoms with van der Waals surface area (Å²) in [6.07, 6.45) is 0.956. The van der Waals surface area contributed by atoms with E-state index in [4.69, 9.17) is 5.73 Å². The average Bonchev–Trinajstić information content (AvgIpc) is 2.96. The summed E-state index contributed by atoms with van der Waals surface area (Å²) < 4.78 is 26.2. The highest BCUT2D eigenvalue weighted by molar-refractivity contribution is 8.00. The van der Waals surface area contributed by atoms with E-state index < -0.39 is 10.0 Å². The maximum Gasteiger partial charge on any atom is 0.212 e. The number of para-hydroxylation sites is 1. The Morgan fingerprint density at radius 1 is 1.44 bits per heavy atom. The second kappa shape index (κ2) is 5.50. The summed E-state index contributed by atoms with van der Waals surface area (Å²) in [5, 5.41) is 0. The van der Waals surface area contributed by atoms with E-state index >= 15 is 0 Å². The molecule has 0 saturated heterocycles. The number of hydrogen-bond acceptors (Lipinski definition) is 4. The van der Waals surface area contributed by atoms with E-state index in [0.29, 0.717) is 17.4 Å². The molecule has 2 unspecified atom stereocenters. The molecule has 0 bridgehead atoms. The topological polar surface area (TPSA) is 72.2 Å². The first kappa shape index (κ1) is 13.7. The minimum Gasteiger partial charge on any atom is -0.398 e. The maximum atomic E-state index is 11.7. The van der Waals surface area contributed by atoms with Crippen molar-refractivity contribution < 1.29 is 8.42 Å². The molecular formula is C12H18N2O2S2. The average molecular weight is 286 g/mol. The standard InChI is InChI=1S/C12H18N2O2S2/c1-9-8-11(9)14-18(15,16)7-6-17-12-5-3-2-4-10(12)13/h2-5,9,11,14H,6-8,13H2,1H3. The second-order valence-electron chi connectivity index (χ2n) is 4.64. The minimum atomic E-state index is -3.15. The van der Waals surface area contributed by atoms with Crippen LogP contribution in [-0.4, -0.2) is 26.0 Å². The van der Waals surface area contributed by atoms with Crippen LogP contribution in [0.5, 0.6) is 0 Å². The van der Waals surface area contributed by atoms with Gasteiger partial charge in [-0.2, -0.15) is 0 Å². The molecule has 18 heavy (non-hydrogen) atoms. The summed E-state index contributed by atoms with van der Waals surface area (Å²) >= 11 is 1.48. The van der Waals surface area contributed by atoms with E-state index in [0.717, 1.165) is 11.3 Å². The van der Waals surface area contributed by atoms with Gasteiger partial charge in [-0.15, -0.1) is 11.8 Å². The van der Waals surface area contributed by atoms with Gasteiger partial charge in [0.1, 0.15) is 0 Å². The van der Waals surface area contributed by atoms with Crippen molar-refractivity contribution in [1.82, 2.24) is 4.72 Å². The van der Waals surface area contributed by atoms with Gasteiger partial charge in [-0.1, -0.05) is 19.1 Å². The molecule has 6 heteroatoms. The van der Waals surface area contributed by atoms with Crippen LogP contribution in [0.15, 0.2) is 29.2 Å². The van der Waals surface area contributed by atoms with Crippen molar-refractivity contribution in [3.05, 3.63) is 24.3 Å². The third-order valence-corrected chi connectivity index (χ3v) is 5.72. The maximum absolute atomic E-state index is 11.7. The summed E-state index contributed by atoms with van der Waals surface area (Å²) in [4.78, 5) is 0.937. The first-order chi connectivity index (χ1) is 8.48. The number of benzene rings is 1. The lowest BCUT2D eigenvalue weighted by atomic mass is 10.3. The lowest BCUT2D eigenvalue weighted by Gasteiger charge is -2.07. The van der Waals surface area contributed by atoms with Crippen molar-refractivity contribution in [2.75, 3.05) is 17.2 Å². The highest BCUT2D eigenvalue weighted by Crippen LogP contribution is 2.30. The summed E-state index contributed by atoms with van der Waals surface area (Å²) in [6.45, 7) is 2.05. The van der Waals surface area contributed by atoms with Crippen LogP contribution in [0.4, 0.5) is 5.69 Å². The van der Waals surface area contributed by atoms with Crippen molar-refractivity contribution in [1.29, 1.82) is 0 Å². The number of sulfonamides is 1. The lowest BCUT2D eigenvalue weighted by Crippen LogP contribution is -2.30. The Morgan fingerprint density at radius 3 is 2.72 bits per heavy atom. The van der Waals surface area contributed by atoms with E-state index in [1.807, 2.05) is 31.2 Å². The fourth-order valence-electron chi connectivity index (χ4n) is 1.65. The number of nitrogens with one attached hydrogen (secondary N) is 1. The molecule has 0 spiro atoms. The van der Waals surface area contributed by atoms with Crippen LogP contribution in [0.3, 0.4) is 0 Å². The normalized spacial score (nSPS) is 22.9. The summed E-state index contributed by atoms with van der Waals surface area (Å²) in [5.74, 6) is 1.14. The SMILES string of the molecule is CC1CC1NS(=O)(=O)CCSc1ccccc1N. The van der Waals surface area contributed by atoms with Gasteiger partial charge in [-0.25, -0.2) is 13.1 Å². The first-order valence-electron chi connectivity index (χ1n) is 5.95. The minimum absolute atomic E-state index is 0.134. The number of anilines is 1. The number of nitrogens with two attached hydrogens (primary N) is 1. The molecule has 0 aromatic heterocycles. The van der Waals surface area contributed by atoms with Gasteiger partial charge in [0.15, 0.2) is 0 Å². The molecule has 1 fully saturated rings.